The maximum atomic E-state index is 12.2. The van der Waals surface area contributed by atoms with Gasteiger partial charge in [0.05, 0.1) is 23.4 Å². The molecule has 0 amide bonds. The smallest absolute Gasteiger partial charge is 0.121 e. The van der Waals surface area contributed by atoms with Crippen LogP contribution in [0.2, 0.25) is 0 Å². The second kappa shape index (κ2) is 7.81. The Balaban J connectivity index is 1.66. The molecule has 1 aliphatic heterocycles. The van der Waals surface area contributed by atoms with Crippen LogP contribution in [0.25, 0.3) is 22.2 Å². The predicted octanol–water partition coefficient (Wildman–Crippen LogP) is 5.18. The molecular weight excluding hydrogens is 394 g/mol. The van der Waals surface area contributed by atoms with Gasteiger partial charge in [0.25, 0.3) is 0 Å². The first-order valence-corrected chi connectivity index (χ1v) is 12.0. The molecule has 1 unspecified atom stereocenters. The molecule has 2 aliphatic rings. The molecule has 0 radical (unpaired) electrons. The van der Waals surface area contributed by atoms with Crippen molar-refractivity contribution >= 4 is 27.6 Å². The Labute approximate surface area is 179 Å². The van der Waals surface area contributed by atoms with E-state index in [0.29, 0.717) is 12.6 Å². The zero-order chi connectivity index (χ0) is 20.7. The third kappa shape index (κ3) is 3.09. The molecule has 0 spiro atoms. The third-order valence-electron chi connectivity index (χ3n) is 6.19. The first-order chi connectivity index (χ1) is 14.7. The molecule has 1 aliphatic carbocycles. The second-order valence-corrected chi connectivity index (χ2v) is 9.42. The van der Waals surface area contributed by atoms with Crippen molar-refractivity contribution < 1.29 is 8.95 Å². The van der Waals surface area contributed by atoms with E-state index in [9.17, 15) is 9.47 Å². The minimum Gasteiger partial charge on any atom is -0.494 e. The highest BCUT2D eigenvalue weighted by Crippen LogP contribution is 2.43. The van der Waals surface area contributed by atoms with Crippen LogP contribution in [0.15, 0.2) is 42.5 Å². The van der Waals surface area contributed by atoms with Crippen LogP contribution in [-0.2, 0) is 11.0 Å². The number of nitrogens with zero attached hydrogens (tertiary/aromatic N) is 3. The van der Waals surface area contributed by atoms with Gasteiger partial charge in [-0.3, -0.25) is 4.31 Å². The van der Waals surface area contributed by atoms with Gasteiger partial charge < -0.3 is 9.30 Å². The number of hydrogen-bond donors (Lipinski definition) is 0. The Bertz CT molecular complexity index is 1160. The largest absolute Gasteiger partial charge is 0.494 e. The Morgan fingerprint density at radius 3 is 2.57 bits per heavy atom. The van der Waals surface area contributed by atoms with Gasteiger partial charge in [-0.15, -0.1) is 0 Å². The fourth-order valence-electron chi connectivity index (χ4n) is 4.54. The molecule has 5 rings (SSSR count). The summed E-state index contributed by atoms with van der Waals surface area (Å²) in [5, 5.41) is 11.0. The highest BCUT2D eigenvalue weighted by Gasteiger charge is 2.28. The van der Waals surface area contributed by atoms with Crippen LogP contribution >= 0.6 is 0 Å². The summed E-state index contributed by atoms with van der Waals surface area (Å²) in [6.07, 6.45) is 4.44. The number of hydrogen-bond acceptors (Lipinski definition) is 3. The molecule has 2 aromatic carbocycles. The second-order valence-electron chi connectivity index (χ2n) is 7.93. The molecule has 0 bridgehead atoms. The van der Waals surface area contributed by atoms with Gasteiger partial charge in [-0.05, 0) is 62.4 Å². The van der Waals surface area contributed by atoms with E-state index < -0.39 is 11.0 Å². The number of ether oxygens (including phenoxy) is 1. The van der Waals surface area contributed by atoms with Crippen molar-refractivity contribution in [2.24, 2.45) is 0 Å². The topological polar surface area (TPSA) is 58.3 Å². The van der Waals surface area contributed by atoms with Crippen LogP contribution in [0.4, 0.5) is 5.69 Å². The summed E-state index contributed by atoms with van der Waals surface area (Å²) in [6, 6.07) is 17.1. The molecule has 154 valence electrons. The van der Waals surface area contributed by atoms with E-state index in [0.717, 1.165) is 70.7 Å². The molecule has 1 saturated carbocycles. The van der Waals surface area contributed by atoms with E-state index in [4.69, 9.17) is 4.74 Å². The minimum absolute atomic E-state index is 0.409. The highest BCUT2D eigenvalue weighted by molar-refractivity contribution is 7.86. The molecule has 5 nitrogen and oxygen atoms in total. The first-order valence-electron chi connectivity index (χ1n) is 10.7. The Hall–Kier alpha value is -2.78. The molecule has 2 fully saturated rings. The summed E-state index contributed by atoms with van der Waals surface area (Å²) in [6.45, 7) is 3.43. The number of rotatable bonds is 5. The van der Waals surface area contributed by atoms with Crippen molar-refractivity contribution in [2.45, 2.75) is 38.6 Å². The lowest BCUT2D eigenvalue weighted by Gasteiger charge is -2.30. The maximum absolute atomic E-state index is 12.2. The molecule has 1 saturated heterocycles. The molecule has 6 heteroatoms. The Morgan fingerprint density at radius 2 is 1.97 bits per heavy atom. The van der Waals surface area contributed by atoms with Crippen LogP contribution in [0.1, 0.15) is 44.2 Å². The zero-order valence-electron chi connectivity index (χ0n) is 17.1. The van der Waals surface area contributed by atoms with E-state index >= 15 is 0 Å². The summed E-state index contributed by atoms with van der Waals surface area (Å²) >= 11 is 0. The van der Waals surface area contributed by atoms with Crippen LogP contribution in [-0.4, -0.2) is 27.7 Å². The molecule has 3 aromatic rings. The van der Waals surface area contributed by atoms with E-state index in [2.05, 4.69) is 28.8 Å². The first kappa shape index (κ1) is 19.2. The highest BCUT2D eigenvalue weighted by atomic mass is 32.2. The standard InChI is InChI=1S/C24H25N3O2S/c1-2-29-20-11-12-21-22(16-25)24(27(23(21)15-20)19-5-3-6-19)17-7-9-18(10-8-17)26-13-4-14-30(26)28/h7-12,15,19H,2-6,13-14H2,1H3. The van der Waals surface area contributed by atoms with Crippen LogP contribution in [0.3, 0.4) is 0 Å². The average molecular weight is 420 g/mol. The molecule has 30 heavy (non-hydrogen) atoms. The summed E-state index contributed by atoms with van der Waals surface area (Å²) in [5.41, 5.74) is 4.79. The van der Waals surface area contributed by atoms with Crippen molar-refractivity contribution in [1.29, 1.82) is 5.26 Å². The predicted molar refractivity (Wildman–Crippen MR) is 121 cm³/mol. The summed E-state index contributed by atoms with van der Waals surface area (Å²) in [7, 11) is -0.928. The zero-order valence-corrected chi connectivity index (χ0v) is 18.0. The van der Waals surface area contributed by atoms with Gasteiger partial charge in [0, 0.05) is 35.5 Å². The lowest BCUT2D eigenvalue weighted by Crippen LogP contribution is -2.19. The van der Waals surface area contributed by atoms with Crippen LogP contribution in [0, 0.1) is 11.3 Å². The van der Waals surface area contributed by atoms with Crippen molar-refractivity contribution in [3.05, 3.63) is 48.0 Å². The maximum Gasteiger partial charge on any atom is 0.121 e. The van der Waals surface area contributed by atoms with Crippen molar-refractivity contribution in [3.63, 3.8) is 0 Å². The summed E-state index contributed by atoms with van der Waals surface area (Å²) in [4.78, 5) is 0. The number of aromatic nitrogens is 1. The number of benzene rings is 2. The van der Waals surface area contributed by atoms with Crippen molar-refractivity contribution in [2.75, 3.05) is 23.2 Å². The molecule has 2 heterocycles. The SMILES string of the molecule is CCOc1ccc2c(C#N)c(-c3ccc(N4CCCS4=O)cc3)n(C3CCC3)c2c1. The molecule has 1 aromatic heterocycles. The quantitative estimate of drug-likeness (QED) is 0.573. The van der Waals surface area contributed by atoms with E-state index in [1.807, 2.05) is 35.5 Å². The van der Waals surface area contributed by atoms with Crippen LogP contribution in [0.5, 0.6) is 5.75 Å². The average Bonchev–Trinajstić information content (AvgIpc) is 3.28. The van der Waals surface area contributed by atoms with Gasteiger partial charge in [-0.25, -0.2) is 4.21 Å². The van der Waals surface area contributed by atoms with Gasteiger partial charge >= 0.3 is 0 Å². The van der Waals surface area contributed by atoms with Gasteiger partial charge in [-0.2, -0.15) is 5.26 Å². The third-order valence-corrected chi connectivity index (χ3v) is 7.72. The van der Waals surface area contributed by atoms with E-state index in [1.54, 1.807) is 0 Å². The Kier molecular flexibility index (Phi) is 5.00. The van der Waals surface area contributed by atoms with Gasteiger partial charge in [0.15, 0.2) is 0 Å². The fraction of sp³-hybridized carbons (Fsp3) is 0.375. The van der Waals surface area contributed by atoms with Gasteiger partial charge in [0.2, 0.25) is 0 Å². The van der Waals surface area contributed by atoms with Gasteiger partial charge in [-0.1, -0.05) is 12.1 Å². The van der Waals surface area contributed by atoms with E-state index in [-0.39, 0.29) is 0 Å². The monoisotopic (exact) mass is 419 g/mol. The number of fused-ring (bicyclic) bond motifs is 1. The Morgan fingerprint density at radius 1 is 1.17 bits per heavy atom. The molecule has 0 N–H and O–H groups in total. The molecular formula is C24H25N3O2S. The summed E-state index contributed by atoms with van der Waals surface area (Å²) in [5.74, 6) is 1.57. The van der Waals surface area contributed by atoms with Crippen molar-refractivity contribution in [3.8, 4) is 23.1 Å². The number of nitriles is 1. The lowest BCUT2D eigenvalue weighted by molar-refractivity contribution is 0.322. The molecule has 1 atom stereocenters. The normalized spacial score (nSPS) is 19.1. The van der Waals surface area contributed by atoms with E-state index in [1.165, 1.54) is 6.42 Å². The fourth-order valence-corrected chi connectivity index (χ4v) is 5.83. The minimum atomic E-state index is -0.928. The van der Waals surface area contributed by atoms with Gasteiger partial charge in [0.1, 0.15) is 22.8 Å². The summed E-state index contributed by atoms with van der Waals surface area (Å²) < 4.78 is 22.3. The number of anilines is 1. The van der Waals surface area contributed by atoms with Crippen molar-refractivity contribution in [1.82, 2.24) is 4.57 Å². The lowest BCUT2D eigenvalue weighted by atomic mass is 9.92. The van der Waals surface area contributed by atoms with Crippen LogP contribution < -0.4 is 9.04 Å².